The second-order valence-electron chi connectivity index (χ2n) is 6.74. The van der Waals surface area contributed by atoms with E-state index in [2.05, 4.69) is 10.0 Å². The number of hydrogen-bond donors (Lipinski definition) is 3. The van der Waals surface area contributed by atoms with Gasteiger partial charge >= 0.3 is 0 Å². The number of fused-ring (bicyclic) bond motifs is 1. The Morgan fingerprint density at radius 1 is 1.14 bits per heavy atom. The number of carbonyl (C=O) groups is 1. The van der Waals surface area contributed by atoms with Crippen molar-refractivity contribution in [2.24, 2.45) is 0 Å². The molecule has 0 aliphatic carbocycles. The van der Waals surface area contributed by atoms with Crippen molar-refractivity contribution >= 4 is 33.4 Å². The van der Waals surface area contributed by atoms with E-state index < -0.39 is 21.6 Å². The first-order valence-corrected chi connectivity index (χ1v) is 10.3. The summed E-state index contributed by atoms with van der Waals surface area (Å²) in [6, 6.07) is 9.61. The molecule has 1 heterocycles. The Labute approximate surface area is 164 Å². The topological polar surface area (TPSA) is 105 Å². The van der Waals surface area contributed by atoms with Gasteiger partial charge < -0.3 is 15.2 Å². The van der Waals surface area contributed by atoms with Crippen molar-refractivity contribution in [1.29, 1.82) is 0 Å². The Morgan fingerprint density at radius 3 is 2.46 bits per heavy atom. The maximum absolute atomic E-state index is 12.6. The summed E-state index contributed by atoms with van der Waals surface area (Å²) in [5.74, 6) is 0.231. The van der Waals surface area contributed by atoms with Crippen molar-refractivity contribution < 1.29 is 23.1 Å². The van der Waals surface area contributed by atoms with Crippen LogP contribution in [0.5, 0.6) is 5.75 Å². The largest absolute Gasteiger partial charge is 0.461 e. The van der Waals surface area contributed by atoms with E-state index in [0.29, 0.717) is 22.7 Å². The molecule has 148 valence electrons. The smallest absolute Gasteiger partial charge is 0.255 e. The van der Waals surface area contributed by atoms with Crippen LogP contribution in [0.3, 0.4) is 0 Å². The molecule has 0 unspecified atom stereocenters. The molecule has 0 spiro atoms. The molecule has 3 N–H and O–H groups in total. The van der Waals surface area contributed by atoms with E-state index in [0.717, 1.165) is 11.1 Å². The minimum Gasteiger partial charge on any atom is -0.461 e. The number of sulfonamides is 1. The Bertz CT molecular complexity index is 1030. The molecule has 1 aliphatic rings. The van der Waals surface area contributed by atoms with Gasteiger partial charge in [-0.15, -0.1) is 0 Å². The van der Waals surface area contributed by atoms with Crippen molar-refractivity contribution in [3.63, 3.8) is 0 Å². The van der Waals surface area contributed by atoms with Crippen LogP contribution in [0.15, 0.2) is 42.5 Å². The standard InChI is InChI=1S/C20H22N2O5S/c1-12(2)28(25,26)22-15-6-4-14(5-7-15)20(24)21-17-9-10-18-16(13(17)3)8-11-19(23)27-18/h4-12,19,22-23H,1-3H3,(H,21,24)/t19-/m0/s1. The summed E-state index contributed by atoms with van der Waals surface area (Å²) in [4.78, 5) is 12.6. The van der Waals surface area contributed by atoms with E-state index in [1.54, 1.807) is 56.3 Å². The molecule has 0 fully saturated rings. The van der Waals surface area contributed by atoms with Gasteiger partial charge in [-0.1, -0.05) is 0 Å². The average molecular weight is 402 g/mol. The number of benzene rings is 2. The van der Waals surface area contributed by atoms with Gasteiger partial charge in [-0.2, -0.15) is 0 Å². The second kappa shape index (κ2) is 7.65. The fourth-order valence-electron chi connectivity index (χ4n) is 2.66. The predicted octanol–water partition coefficient (Wildman–Crippen LogP) is 3.12. The summed E-state index contributed by atoms with van der Waals surface area (Å²) < 4.78 is 31.6. The maximum atomic E-state index is 12.6. The number of aliphatic hydroxyl groups excluding tert-OH is 1. The van der Waals surface area contributed by atoms with Crippen LogP contribution in [0.4, 0.5) is 11.4 Å². The monoisotopic (exact) mass is 402 g/mol. The van der Waals surface area contributed by atoms with Crippen LogP contribution in [0.2, 0.25) is 0 Å². The van der Waals surface area contributed by atoms with Gasteiger partial charge in [0.2, 0.25) is 16.3 Å². The molecule has 8 heteroatoms. The van der Waals surface area contributed by atoms with E-state index in [4.69, 9.17) is 4.74 Å². The molecule has 7 nitrogen and oxygen atoms in total. The van der Waals surface area contributed by atoms with Gasteiger partial charge in [0.1, 0.15) is 5.75 Å². The van der Waals surface area contributed by atoms with Crippen molar-refractivity contribution in [2.45, 2.75) is 32.3 Å². The highest BCUT2D eigenvalue weighted by atomic mass is 32.2. The molecule has 28 heavy (non-hydrogen) atoms. The predicted molar refractivity (Wildman–Crippen MR) is 109 cm³/mol. The molecule has 1 atom stereocenters. The van der Waals surface area contributed by atoms with Gasteiger partial charge in [0.25, 0.3) is 5.91 Å². The highest BCUT2D eigenvalue weighted by Crippen LogP contribution is 2.33. The summed E-state index contributed by atoms with van der Waals surface area (Å²) in [6.45, 7) is 5.03. The van der Waals surface area contributed by atoms with Gasteiger partial charge in [-0.05, 0) is 74.9 Å². The number of nitrogens with one attached hydrogen (secondary N) is 2. The molecular weight excluding hydrogens is 380 g/mol. The normalized spacial score (nSPS) is 15.7. The quantitative estimate of drug-likeness (QED) is 0.713. The second-order valence-corrected chi connectivity index (χ2v) is 8.98. The Hall–Kier alpha value is -2.84. The van der Waals surface area contributed by atoms with Crippen LogP contribution in [0.25, 0.3) is 6.08 Å². The van der Waals surface area contributed by atoms with E-state index in [9.17, 15) is 18.3 Å². The molecule has 0 aromatic heterocycles. The van der Waals surface area contributed by atoms with Crippen LogP contribution >= 0.6 is 0 Å². The van der Waals surface area contributed by atoms with Crippen molar-refractivity contribution in [1.82, 2.24) is 0 Å². The lowest BCUT2D eigenvalue weighted by molar-refractivity contribution is 0.0230. The number of anilines is 2. The Kier molecular flexibility index (Phi) is 5.44. The van der Waals surface area contributed by atoms with Gasteiger partial charge in [0.05, 0.1) is 5.25 Å². The van der Waals surface area contributed by atoms with Gasteiger partial charge in [-0.3, -0.25) is 9.52 Å². The fraction of sp³-hybridized carbons (Fsp3) is 0.250. The van der Waals surface area contributed by atoms with Crippen molar-refractivity contribution in [2.75, 3.05) is 10.0 Å². The average Bonchev–Trinajstić information content (AvgIpc) is 2.64. The highest BCUT2D eigenvalue weighted by Gasteiger charge is 2.18. The third-order valence-corrected chi connectivity index (χ3v) is 6.19. The van der Waals surface area contributed by atoms with Crippen LogP contribution < -0.4 is 14.8 Å². The molecule has 0 saturated carbocycles. The molecule has 2 aromatic carbocycles. The molecule has 0 saturated heterocycles. The molecule has 2 aromatic rings. The van der Waals surface area contributed by atoms with E-state index in [1.807, 2.05) is 6.92 Å². The third kappa shape index (κ3) is 4.18. The summed E-state index contributed by atoms with van der Waals surface area (Å²) in [7, 11) is -3.44. The summed E-state index contributed by atoms with van der Waals surface area (Å²) in [5, 5.41) is 11.8. The molecule has 0 radical (unpaired) electrons. The van der Waals surface area contributed by atoms with E-state index >= 15 is 0 Å². The summed E-state index contributed by atoms with van der Waals surface area (Å²) in [6.07, 6.45) is 2.31. The van der Waals surface area contributed by atoms with Crippen molar-refractivity contribution in [3.8, 4) is 5.75 Å². The number of amides is 1. The Balaban J connectivity index is 1.75. The molecule has 0 bridgehead atoms. The zero-order valence-corrected chi connectivity index (χ0v) is 16.6. The van der Waals surface area contributed by atoms with Crippen molar-refractivity contribution in [3.05, 3.63) is 59.2 Å². The van der Waals surface area contributed by atoms with Crippen LogP contribution in [0, 0.1) is 6.92 Å². The summed E-state index contributed by atoms with van der Waals surface area (Å²) >= 11 is 0. The SMILES string of the molecule is Cc1c(NC(=O)c2ccc(NS(=O)(=O)C(C)C)cc2)ccc2c1C=C[C@@H](O)O2. The zero-order valence-electron chi connectivity index (χ0n) is 15.8. The lowest BCUT2D eigenvalue weighted by Crippen LogP contribution is -2.22. The van der Waals surface area contributed by atoms with E-state index in [-0.39, 0.29) is 5.91 Å². The van der Waals surface area contributed by atoms with Gasteiger partial charge in [0.15, 0.2) is 0 Å². The fourth-order valence-corrected chi connectivity index (χ4v) is 3.36. The maximum Gasteiger partial charge on any atom is 0.255 e. The molecule has 3 rings (SSSR count). The molecule has 1 aliphatic heterocycles. The lowest BCUT2D eigenvalue weighted by atomic mass is 10.0. The minimum absolute atomic E-state index is 0.318. The number of hydrogen-bond acceptors (Lipinski definition) is 5. The molecular formula is C20H22N2O5S. The first-order valence-electron chi connectivity index (χ1n) is 8.77. The lowest BCUT2D eigenvalue weighted by Gasteiger charge is -2.20. The summed E-state index contributed by atoms with van der Waals surface area (Å²) in [5.41, 5.74) is 3.03. The first kappa shape index (κ1) is 19.9. The number of rotatable bonds is 5. The minimum atomic E-state index is -3.44. The Morgan fingerprint density at radius 2 is 1.82 bits per heavy atom. The number of carbonyl (C=O) groups excluding carboxylic acids is 1. The third-order valence-electron chi connectivity index (χ3n) is 4.43. The highest BCUT2D eigenvalue weighted by molar-refractivity contribution is 7.93. The van der Waals surface area contributed by atoms with E-state index in [1.165, 1.54) is 6.08 Å². The van der Waals surface area contributed by atoms with Crippen LogP contribution in [-0.2, 0) is 10.0 Å². The van der Waals surface area contributed by atoms with Crippen LogP contribution in [-0.4, -0.2) is 31.0 Å². The number of aliphatic hydroxyl groups is 1. The number of ether oxygens (including phenoxy) is 1. The van der Waals surface area contributed by atoms with Crippen LogP contribution in [0.1, 0.15) is 35.3 Å². The molecule has 1 amide bonds. The van der Waals surface area contributed by atoms with Gasteiger partial charge in [0, 0.05) is 22.5 Å². The van der Waals surface area contributed by atoms with Gasteiger partial charge in [-0.25, -0.2) is 8.42 Å². The first-order chi connectivity index (χ1) is 13.2. The zero-order chi connectivity index (χ0) is 20.5.